The first kappa shape index (κ1) is 8.73. The van der Waals surface area contributed by atoms with Crippen molar-refractivity contribution in [3.8, 4) is 0 Å². The van der Waals surface area contributed by atoms with Crippen molar-refractivity contribution >= 4 is 28.8 Å². The van der Waals surface area contributed by atoms with Gasteiger partial charge in [0.15, 0.2) is 22.9 Å². The zero-order valence-corrected chi connectivity index (χ0v) is 8.58. The van der Waals surface area contributed by atoms with Gasteiger partial charge in [-0.25, -0.2) is 4.79 Å². The minimum absolute atomic E-state index is 0.0278. The lowest BCUT2D eigenvalue weighted by Crippen LogP contribution is -3.39. The van der Waals surface area contributed by atoms with E-state index in [1.165, 1.54) is 2.91 Å². The Kier molecular flexibility index (Phi) is 5.01. The molecule has 0 unspecified atom stereocenters. The van der Waals surface area contributed by atoms with Gasteiger partial charge in [0.1, 0.15) is 0 Å². The number of carbonyl (C=O) groups excluding carboxylic acids is 1. The minimum Gasteiger partial charge on any atom is -0.322 e. The molecule has 0 aromatic heterocycles. The number of hydrogen-bond donors (Lipinski definition) is 0. The van der Waals surface area contributed by atoms with E-state index in [-0.39, 0.29) is 5.91 Å². The molecule has 0 aliphatic heterocycles. The Morgan fingerprint density at radius 3 is 2.62 bits per heavy atom. The Morgan fingerprint density at radius 2 is 2.50 bits per heavy atom. The van der Waals surface area contributed by atoms with Gasteiger partial charge in [-0.2, -0.15) is 2.91 Å². The van der Waals surface area contributed by atoms with E-state index in [4.69, 9.17) is 0 Å². The standard InChI is InChI=1S/C3H5I2N2O/c1-2-3(8)7(5)6-4/h2H2,1H3. The Hall–Kier alpha value is 0.730. The average molecular weight is 339 g/mol. The summed E-state index contributed by atoms with van der Waals surface area (Å²) in [6, 6.07) is 0. The molecule has 0 aliphatic carbocycles. The monoisotopic (exact) mass is 339 g/mol. The Labute approximate surface area is 75.5 Å². The van der Waals surface area contributed by atoms with Crippen LogP contribution in [0.4, 0.5) is 0 Å². The van der Waals surface area contributed by atoms with Gasteiger partial charge in [0.25, 0.3) is 0 Å². The lowest BCUT2D eigenvalue weighted by Gasteiger charge is -1.92. The van der Waals surface area contributed by atoms with Crippen LogP contribution in [0, 0.1) is 0 Å². The van der Waals surface area contributed by atoms with Crippen LogP contribution in [0.15, 0.2) is 3.33 Å². The highest BCUT2D eigenvalue weighted by atomic mass is 127. The van der Waals surface area contributed by atoms with Gasteiger partial charge in [-0.1, -0.05) is 6.92 Å². The first-order chi connectivity index (χ1) is 3.72. The lowest BCUT2D eigenvalue weighted by atomic mass is 10.5. The molecule has 0 fully saturated rings. The summed E-state index contributed by atoms with van der Waals surface area (Å²) in [5, 5.41) is 0. The van der Waals surface area contributed by atoms with Gasteiger partial charge in [-0.05, 0) is 0 Å². The minimum atomic E-state index is 0.0278. The molecule has 3 nitrogen and oxygen atoms in total. The molecule has 47 valence electrons. The van der Waals surface area contributed by atoms with Crippen molar-refractivity contribution in [1.29, 1.82) is 0 Å². The van der Waals surface area contributed by atoms with Crippen LogP contribution in [0.5, 0.6) is 0 Å². The number of carbonyl (C=O) groups is 1. The highest BCUT2D eigenvalue weighted by Gasteiger charge is 2.01. The van der Waals surface area contributed by atoms with E-state index in [0.717, 1.165) is 0 Å². The predicted molar refractivity (Wildman–Crippen MR) is 32.0 cm³/mol. The van der Waals surface area contributed by atoms with Crippen LogP contribution in [-0.4, -0.2) is 8.82 Å². The van der Waals surface area contributed by atoms with E-state index in [1.807, 2.05) is 22.9 Å². The van der Waals surface area contributed by atoms with Gasteiger partial charge < -0.3 is 22.9 Å². The summed E-state index contributed by atoms with van der Waals surface area (Å²) in [4.78, 5) is 10.6. The smallest absolute Gasteiger partial charge is 0.322 e. The van der Waals surface area contributed by atoms with E-state index in [9.17, 15) is 4.79 Å². The van der Waals surface area contributed by atoms with Crippen LogP contribution in [0.3, 0.4) is 0 Å². The molecule has 0 bridgehead atoms. The van der Waals surface area contributed by atoms with Crippen LogP contribution in [0.25, 0.3) is 0 Å². The van der Waals surface area contributed by atoms with Crippen molar-refractivity contribution in [3.05, 3.63) is 0 Å². The molecule has 0 saturated heterocycles. The summed E-state index contributed by atoms with van der Waals surface area (Å²) in [6.45, 7) is 1.80. The highest BCUT2D eigenvalue weighted by molar-refractivity contribution is 14.1. The number of rotatable bonds is 1. The number of amides is 1. The fraction of sp³-hybridized carbons (Fsp3) is 0.667. The summed E-state index contributed by atoms with van der Waals surface area (Å²) < 4.78 is 4.89. The van der Waals surface area contributed by atoms with Gasteiger partial charge in [0, 0.05) is 3.33 Å². The van der Waals surface area contributed by atoms with Crippen LogP contribution in [-0.2, 0) is 4.79 Å². The quantitative estimate of drug-likeness (QED) is 0.316. The Bertz CT molecular complexity index is 122. The van der Waals surface area contributed by atoms with E-state index >= 15 is 0 Å². The van der Waals surface area contributed by atoms with Crippen molar-refractivity contribution in [2.24, 2.45) is 3.33 Å². The first-order valence-electron chi connectivity index (χ1n) is 2.03. The third-order valence-corrected chi connectivity index (χ3v) is 2.59. The average Bonchev–Trinajstić information content (AvgIpc) is 1.84. The molecular formula is C3H5I2N2O. The Morgan fingerprint density at radius 1 is 2.00 bits per heavy atom. The van der Waals surface area contributed by atoms with Gasteiger partial charge in [0.2, 0.25) is 0 Å². The molecular weight excluding hydrogens is 334 g/mol. The zero-order chi connectivity index (χ0) is 6.57. The molecule has 0 atom stereocenters. The molecule has 0 aromatic rings. The van der Waals surface area contributed by atoms with E-state index in [1.54, 1.807) is 29.8 Å². The molecule has 5 heteroatoms. The van der Waals surface area contributed by atoms with Gasteiger partial charge in [-0.15, -0.1) is 0 Å². The summed E-state index contributed by atoms with van der Waals surface area (Å²) in [5.74, 6) is 0.0278. The second-order valence-electron chi connectivity index (χ2n) is 1.08. The molecule has 8 heavy (non-hydrogen) atoms. The third-order valence-electron chi connectivity index (χ3n) is 0.575. The second-order valence-corrected chi connectivity index (χ2v) is 2.43. The molecule has 0 N–H and O–H groups in total. The van der Waals surface area contributed by atoms with Crippen molar-refractivity contribution in [2.75, 3.05) is 0 Å². The van der Waals surface area contributed by atoms with Crippen molar-refractivity contribution in [1.82, 2.24) is 0 Å². The second kappa shape index (κ2) is 4.59. The molecule has 0 saturated carbocycles. The number of nitrogens with zero attached hydrogens (tertiary/aromatic N) is 2. The van der Waals surface area contributed by atoms with Crippen molar-refractivity contribution in [2.45, 2.75) is 13.3 Å². The summed E-state index contributed by atoms with van der Waals surface area (Å²) in [7, 11) is 0. The van der Waals surface area contributed by atoms with Crippen LogP contribution < -0.4 is 22.9 Å². The van der Waals surface area contributed by atoms with E-state index < -0.39 is 0 Å². The van der Waals surface area contributed by atoms with Crippen LogP contribution in [0.2, 0.25) is 0 Å². The van der Waals surface area contributed by atoms with Crippen LogP contribution in [0.1, 0.15) is 13.3 Å². The number of halogens is 2. The van der Waals surface area contributed by atoms with Crippen LogP contribution >= 0.6 is 22.9 Å². The SMILES string of the molecule is CCC(=O)[N+]([I-])=NI. The maximum absolute atomic E-state index is 10.6. The maximum atomic E-state index is 10.6. The van der Waals surface area contributed by atoms with Crippen molar-refractivity contribution < 1.29 is 30.6 Å². The van der Waals surface area contributed by atoms with Gasteiger partial charge in [-0.3, -0.25) is 0 Å². The van der Waals surface area contributed by atoms with E-state index in [2.05, 4.69) is 3.33 Å². The largest absolute Gasteiger partial charge is 0.386 e. The van der Waals surface area contributed by atoms with Gasteiger partial charge in [0.05, 0.1) is 6.42 Å². The molecule has 0 rings (SSSR count). The topological polar surface area (TPSA) is 32.4 Å². The molecule has 1 radical (unpaired) electrons. The molecule has 0 aliphatic rings. The van der Waals surface area contributed by atoms with Gasteiger partial charge >= 0.3 is 5.91 Å². The Balaban J connectivity index is 3.83. The summed E-state index contributed by atoms with van der Waals surface area (Å²) >= 11 is 3.62. The molecule has 0 spiro atoms. The third kappa shape index (κ3) is 2.90. The fourth-order valence-electron chi connectivity index (χ4n) is 0.173. The molecule has 1 amide bonds. The predicted octanol–water partition coefficient (Wildman–Crippen LogP) is -1.79. The first-order valence-corrected chi connectivity index (χ1v) is 3.96. The zero-order valence-electron chi connectivity index (χ0n) is 4.27. The fourth-order valence-corrected chi connectivity index (χ4v) is 0.754. The maximum Gasteiger partial charge on any atom is 0.386 e. The summed E-state index contributed by atoms with van der Waals surface area (Å²) in [6.07, 6.45) is 0.509. The molecule has 0 aromatic carbocycles. The molecule has 0 heterocycles. The van der Waals surface area contributed by atoms with Crippen molar-refractivity contribution in [3.63, 3.8) is 0 Å². The summed E-state index contributed by atoms with van der Waals surface area (Å²) in [5.41, 5.74) is 0. The number of hydrogen-bond acceptors (Lipinski definition) is 2. The lowest BCUT2D eigenvalue weighted by molar-refractivity contribution is -1.04. The van der Waals surface area contributed by atoms with E-state index in [0.29, 0.717) is 6.42 Å². The highest BCUT2D eigenvalue weighted by Crippen LogP contribution is 1.83. The normalized spacial score (nSPS) is 11.6.